The maximum atomic E-state index is 11.3. The summed E-state index contributed by atoms with van der Waals surface area (Å²) in [4.78, 5) is 20.5. The van der Waals surface area contributed by atoms with Crippen LogP contribution in [0.4, 0.5) is 0 Å². The zero-order valence-electron chi connectivity index (χ0n) is 16.4. The molecule has 0 aliphatic heterocycles. The second-order valence-electron chi connectivity index (χ2n) is 4.08. The molecule has 0 fully saturated rings. The Bertz CT molecular complexity index is 577. The fraction of sp³-hybridized carbons (Fsp3) is 0.550. The predicted molar refractivity (Wildman–Crippen MR) is 102 cm³/mol. The molecule has 2 rings (SSSR count). The van der Waals surface area contributed by atoms with Crippen LogP contribution >= 0.6 is 0 Å². The van der Waals surface area contributed by atoms with Crippen LogP contribution in [0, 0.1) is 0 Å². The number of benzene rings is 1. The summed E-state index contributed by atoms with van der Waals surface area (Å²) >= 11 is 0. The molecule has 2 aromatic rings. The van der Waals surface area contributed by atoms with Crippen molar-refractivity contribution in [2.75, 3.05) is 0 Å². The first-order valence-electron chi connectivity index (χ1n) is 8.96. The normalized spacial score (nSPS) is 8.74. The lowest BCUT2D eigenvalue weighted by atomic mass is 10.1. The molecule has 1 aromatic carbocycles. The van der Waals surface area contributed by atoms with E-state index in [1.807, 2.05) is 59.7 Å². The van der Waals surface area contributed by atoms with Crippen LogP contribution in [0.1, 0.15) is 84.1 Å². The van der Waals surface area contributed by atoms with Gasteiger partial charge in [0.05, 0.1) is 22.4 Å². The summed E-state index contributed by atoms with van der Waals surface area (Å²) in [5.41, 5.74) is 4.45. The topological polar surface area (TPSA) is 42.9 Å². The number of hydrogen-bond donors (Lipinski definition) is 0. The van der Waals surface area contributed by atoms with Crippen LogP contribution in [0.5, 0.6) is 0 Å². The minimum Gasteiger partial charge on any atom is -0.295 e. The van der Waals surface area contributed by atoms with E-state index >= 15 is 0 Å². The highest BCUT2D eigenvalue weighted by Gasteiger charge is 2.07. The molecule has 3 nitrogen and oxygen atoms in total. The summed E-state index contributed by atoms with van der Waals surface area (Å²) < 4.78 is 0. The van der Waals surface area contributed by atoms with Crippen molar-refractivity contribution in [3.63, 3.8) is 0 Å². The van der Waals surface area contributed by atoms with Crippen LogP contribution in [-0.4, -0.2) is 15.8 Å². The maximum Gasteiger partial charge on any atom is 0.159 e. The Morgan fingerprint density at radius 3 is 1.65 bits per heavy atom. The third-order valence-electron chi connectivity index (χ3n) is 2.90. The van der Waals surface area contributed by atoms with Crippen molar-refractivity contribution in [3.8, 4) is 0 Å². The molecule has 23 heavy (non-hydrogen) atoms. The molecule has 0 radical (unpaired) electrons. The summed E-state index contributed by atoms with van der Waals surface area (Å²) in [5.74, 6) is 0.0614. The van der Waals surface area contributed by atoms with Crippen molar-refractivity contribution in [1.29, 1.82) is 0 Å². The number of Topliss-reactive ketones (excluding diaryl/α,β-unsaturated/α-hetero) is 1. The van der Waals surface area contributed by atoms with Gasteiger partial charge in [-0.1, -0.05) is 55.4 Å². The Morgan fingerprint density at radius 2 is 1.26 bits per heavy atom. The van der Waals surface area contributed by atoms with Crippen LogP contribution in [0.15, 0.2) is 18.2 Å². The van der Waals surface area contributed by atoms with E-state index in [2.05, 4.69) is 23.8 Å². The molecule has 0 unspecified atom stereocenters. The van der Waals surface area contributed by atoms with Crippen LogP contribution in [0.2, 0.25) is 0 Å². The number of ketones is 1. The Morgan fingerprint density at radius 1 is 0.826 bits per heavy atom. The number of carbonyl (C=O) groups excluding carboxylic acids is 1. The fourth-order valence-corrected chi connectivity index (χ4v) is 1.91. The number of aromatic nitrogens is 2. The molecule has 1 aromatic heterocycles. The minimum atomic E-state index is 0.0614. The van der Waals surface area contributed by atoms with E-state index < -0.39 is 0 Å². The highest BCUT2D eigenvalue weighted by Crippen LogP contribution is 2.16. The number of hydrogen-bond acceptors (Lipinski definition) is 3. The molecule has 0 amide bonds. The summed E-state index contributed by atoms with van der Waals surface area (Å²) in [5, 5.41) is 0. The number of rotatable bonds is 3. The van der Waals surface area contributed by atoms with Crippen molar-refractivity contribution >= 4 is 16.8 Å². The van der Waals surface area contributed by atoms with E-state index in [0.717, 1.165) is 35.3 Å². The van der Waals surface area contributed by atoms with Gasteiger partial charge in [0.15, 0.2) is 5.78 Å². The number of carbonyl (C=O) groups is 1. The SMILES string of the molecule is CC.CC.CC.CCc1nc2ccc(C(C)=O)cc2nc1CC. The molecular weight excluding hydrogens is 284 g/mol. The quantitative estimate of drug-likeness (QED) is 0.648. The van der Waals surface area contributed by atoms with E-state index in [-0.39, 0.29) is 5.78 Å². The second-order valence-corrected chi connectivity index (χ2v) is 4.08. The van der Waals surface area contributed by atoms with Crippen molar-refractivity contribution in [3.05, 3.63) is 35.2 Å². The van der Waals surface area contributed by atoms with Crippen molar-refractivity contribution < 1.29 is 4.79 Å². The third kappa shape index (κ3) is 6.89. The molecule has 0 saturated carbocycles. The molecule has 0 bridgehead atoms. The van der Waals surface area contributed by atoms with Gasteiger partial charge in [0.2, 0.25) is 0 Å². The lowest BCUT2D eigenvalue weighted by Crippen LogP contribution is -2.01. The number of nitrogens with zero attached hydrogens (tertiary/aromatic N) is 2. The van der Waals surface area contributed by atoms with E-state index in [1.165, 1.54) is 0 Å². The fourth-order valence-electron chi connectivity index (χ4n) is 1.91. The van der Waals surface area contributed by atoms with Gasteiger partial charge in [0.1, 0.15) is 0 Å². The molecule has 0 aliphatic rings. The average molecular weight is 319 g/mol. The van der Waals surface area contributed by atoms with E-state index in [4.69, 9.17) is 0 Å². The van der Waals surface area contributed by atoms with Gasteiger partial charge in [0.25, 0.3) is 0 Å². The van der Waals surface area contributed by atoms with Crippen LogP contribution in [0.3, 0.4) is 0 Å². The standard InChI is InChI=1S/C14H16N2O.3C2H6/c1-4-11-12(5-2)16-14-8-10(9(3)17)6-7-13(14)15-11;3*1-2/h6-8H,4-5H2,1-3H3;3*1-2H3. The molecule has 0 spiro atoms. The average Bonchev–Trinajstić information content (AvgIpc) is 2.64. The largest absolute Gasteiger partial charge is 0.295 e. The Labute approximate surface area is 142 Å². The van der Waals surface area contributed by atoms with Gasteiger partial charge in [-0.3, -0.25) is 4.79 Å². The first-order chi connectivity index (χ1) is 11.2. The first-order valence-corrected chi connectivity index (χ1v) is 8.96. The van der Waals surface area contributed by atoms with Crippen molar-refractivity contribution in [2.45, 2.75) is 75.2 Å². The number of aryl methyl sites for hydroxylation is 2. The van der Waals surface area contributed by atoms with E-state index in [0.29, 0.717) is 5.56 Å². The summed E-state index contributed by atoms with van der Waals surface area (Å²) in [6, 6.07) is 5.51. The molecule has 130 valence electrons. The highest BCUT2D eigenvalue weighted by molar-refractivity contribution is 5.97. The molecule has 1 heterocycles. The molecule has 0 N–H and O–H groups in total. The predicted octanol–water partition coefficient (Wildman–Crippen LogP) is 6.04. The minimum absolute atomic E-state index is 0.0614. The summed E-state index contributed by atoms with van der Waals surface area (Å²) in [6.45, 7) is 17.7. The van der Waals surface area contributed by atoms with E-state index in [1.54, 1.807) is 6.92 Å². The molecular formula is C20H34N2O. The third-order valence-corrected chi connectivity index (χ3v) is 2.90. The zero-order valence-corrected chi connectivity index (χ0v) is 16.4. The van der Waals surface area contributed by atoms with Crippen LogP contribution in [0.25, 0.3) is 11.0 Å². The highest BCUT2D eigenvalue weighted by atomic mass is 16.1. The van der Waals surface area contributed by atoms with Gasteiger partial charge in [-0.25, -0.2) is 9.97 Å². The van der Waals surface area contributed by atoms with Gasteiger partial charge in [0, 0.05) is 5.56 Å². The Balaban J connectivity index is 0. The number of fused-ring (bicyclic) bond motifs is 1. The molecule has 3 heteroatoms. The van der Waals surface area contributed by atoms with Gasteiger partial charge < -0.3 is 0 Å². The van der Waals surface area contributed by atoms with Gasteiger partial charge in [-0.15, -0.1) is 0 Å². The molecule has 0 atom stereocenters. The smallest absolute Gasteiger partial charge is 0.159 e. The van der Waals surface area contributed by atoms with Crippen molar-refractivity contribution in [2.24, 2.45) is 0 Å². The van der Waals surface area contributed by atoms with Gasteiger partial charge in [-0.2, -0.15) is 0 Å². The maximum absolute atomic E-state index is 11.3. The lowest BCUT2D eigenvalue weighted by Gasteiger charge is -2.07. The molecule has 0 aliphatic carbocycles. The van der Waals surface area contributed by atoms with Gasteiger partial charge >= 0.3 is 0 Å². The van der Waals surface area contributed by atoms with Crippen LogP contribution < -0.4 is 0 Å². The van der Waals surface area contributed by atoms with Crippen molar-refractivity contribution in [1.82, 2.24) is 9.97 Å². The second kappa shape index (κ2) is 13.9. The monoisotopic (exact) mass is 318 g/mol. The molecule has 0 saturated heterocycles. The van der Waals surface area contributed by atoms with Crippen LogP contribution in [-0.2, 0) is 12.8 Å². The first kappa shape index (κ1) is 23.5. The lowest BCUT2D eigenvalue weighted by molar-refractivity contribution is 0.101. The Hall–Kier alpha value is -1.77. The Kier molecular flexibility index (Phi) is 14.2. The zero-order chi connectivity index (χ0) is 18.4. The summed E-state index contributed by atoms with van der Waals surface area (Å²) in [7, 11) is 0. The van der Waals surface area contributed by atoms with E-state index in [9.17, 15) is 4.79 Å². The summed E-state index contributed by atoms with van der Waals surface area (Å²) in [6.07, 6.45) is 1.76. The van der Waals surface area contributed by atoms with Gasteiger partial charge in [-0.05, 0) is 38.0 Å².